The van der Waals surface area contributed by atoms with Crippen molar-refractivity contribution in [1.29, 1.82) is 0 Å². The minimum absolute atomic E-state index is 0.0422. The summed E-state index contributed by atoms with van der Waals surface area (Å²) in [6.07, 6.45) is 4.63. The van der Waals surface area contributed by atoms with Crippen molar-refractivity contribution >= 4 is 46.9 Å². The molecule has 1 unspecified atom stereocenters. The fourth-order valence-electron chi connectivity index (χ4n) is 3.05. The van der Waals surface area contributed by atoms with E-state index in [9.17, 15) is 19.2 Å². The Morgan fingerprint density at radius 2 is 1.76 bits per heavy atom. The summed E-state index contributed by atoms with van der Waals surface area (Å²) in [6, 6.07) is 15.6. The molecule has 4 amide bonds. The highest BCUT2D eigenvalue weighted by Gasteiger charge is 2.34. The lowest BCUT2D eigenvalue weighted by atomic mass is 10.2. The van der Waals surface area contributed by atoms with Gasteiger partial charge in [0.25, 0.3) is 11.1 Å². The van der Waals surface area contributed by atoms with Gasteiger partial charge in [0.2, 0.25) is 11.8 Å². The normalized spacial score (nSPS) is 15.6. The largest absolute Gasteiger partial charge is 0.497 e. The number of imide groups is 1. The third-order valence-electron chi connectivity index (χ3n) is 4.90. The number of amides is 4. The molecule has 3 rings (SSSR count). The van der Waals surface area contributed by atoms with E-state index >= 15 is 0 Å². The Morgan fingerprint density at radius 3 is 2.44 bits per heavy atom. The Labute approximate surface area is 202 Å². The summed E-state index contributed by atoms with van der Waals surface area (Å²) in [5.41, 5.74) is 1.64. The van der Waals surface area contributed by atoms with E-state index in [0.717, 1.165) is 27.8 Å². The van der Waals surface area contributed by atoms with Crippen LogP contribution in [-0.4, -0.2) is 54.1 Å². The number of hydrogen-bond donors (Lipinski definition) is 2. The highest BCUT2D eigenvalue weighted by Crippen LogP contribution is 2.31. The number of carbonyl (C=O) groups excluding carboxylic acids is 4. The number of carbonyl (C=O) groups is 4. The lowest BCUT2D eigenvalue weighted by molar-refractivity contribution is -0.127. The minimum Gasteiger partial charge on any atom is -0.497 e. The van der Waals surface area contributed by atoms with E-state index in [4.69, 9.17) is 4.74 Å². The standard InChI is InChI=1S/C25H25N3O5S/c1-17(27-22(29)13-10-18-8-11-20(33-2)12-9-18)23(30)26-14-15-28-24(31)21(34-25(28)32)16-19-6-4-3-5-7-19/h3-13,16-17H,14-15H2,1-2H3,(H,26,30)(H,27,29). The highest BCUT2D eigenvalue weighted by molar-refractivity contribution is 8.18. The first-order valence-corrected chi connectivity index (χ1v) is 11.4. The number of rotatable bonds is 9. The highest BCUT2D eigenvalue weighted by atomic mass is 32.2. The molecule has 2 aromatic rings. The molecule has 1 atom stereocenters. The number of methoxy groups -OCH3 is 1. The zero-order valence-electron chi connectivity index (χ0n) is 18.8. The maximum Gasteiger partial charge on any atom is 0.293 e. The Kier molecular flexibility index (Phi) is 8.64. The monoisotopic (exact) mass is 479 g/mol. The number of ether oxygens (including phenoxy) is 1. The van der Waals surface area contributed by atoms with E-state index < -0.39 is 23.8 Å². The van der Waals surface area contributed by atoms with Gasteiger partial charge in [0.1, 0.15) is 11.8 Å². The van der Waals surface area contributed by atoms with Crippen molar-refractivity contribution in [3.8, 4) is 5.75 Å². The van der Waals surface area contributed by atoms with Crippen LogP contribution in [0.1, 0.15) is 18.1 Å². The first-order valence-electron chi connectivity index (χ1n) is 10.6. The van der Waals surface area contributed by atoms with Gasteiger partial charge in [0, 0.05) is 19.2 Å². The average Bonchev–Trinajstić information content (AvgIpc) is 3.10. The second-order valence-electron chi connectivity index (χ2n) is 7.37. The van der Waals surface area contributed by atoms with Crippen LogP contribution in [0.15, 0.2) is 65.6 Å². The lowest BCUT2D eigenvalue weighted by Crippen LogP contribution is -2.46. The van der Waals surface area contributed by atoms with Gasteiger partial charge in [-0.05, 0) is 54.1 Å². The topological polar surface area (TPSA) is 105 Å². The van der Waals surface area contributed by atoms with Gasteiger partial charge in [-0.2, -0.15) is 0 Å². The van der Waals surface area contributed by atoms with Crippen LogP contribution in [0.4, 0.5) is 4.79 Å². The van der Waals surface area contributed by atoms with E-state index in [1.165, 1.54) is 6.08 Å². The Morgan fingerprint density at radius 1 is 1.06 bits per heavy atom. The van der Waals surface area contributed by atoms with Gasteiger partial charge in [-0.25, -0.2) is 0 Å². The maximum atomic E-state index is 12.5. The average molecular weight is 480 g/mol. The van der Waals surface area contributed by atoms with Gasteiger partial charge in [-0.15, -0.1) is 0 Å². The van der Waals surface area contributed by atoms with Crippen molar-refractivity contribution in [3.63, 3.8) is 0 Å². The van der Waals surface area contributed by atoms with Crippen LogP contribution >= 0.6 is 11.8 Å². The molecule has 9 heteroatoms. The lowest BCUT2D eigenvalue weighted by Gasteiger charge is -2.16. The third-order valence-corrected chi connectivity index (χ3v) is 5.81. The smallest absolute Gasteiger partial charge is 0.293 e. The van der Waals surface area contributed by atoms with Crippen LogP contribution in [0.25, 0.3) is 12.2 Å². The van der Waals surface area contributed by atoms with E-state index in [0.29, 0.717) is 10.7 Å². The van der Waals surface area contributed by atoms with E-state index in [2.05, 4.69) is 10.6 Å². The van der Waals surface area contributed by atoms with E-state index in [-0.39, 0.29) is 18.3 Å². The first-order chi connectivity index (χ1) is 16.4. The van der Waals surface area contributed by atoms with Crippen LogP contribution in [0.5, 0.6) is 5.75 Å². The Hall–Kier alpha value is -3.85. The van der Waals surface area contributed by atoms with Gasteiger partial charge < -0.3 is 15.4 Å². The zero-order valence-corrected chi connectivity index (χ0v) is 19.6. The van der Waals surface area contributed by atoms with Gasteiger partial charge in [0.15, 0.2) is 0 Å². The molecule has 1 aliphatic rings. The first kappa shape index (κ1) is 24.8. The van der Waals surface area contributed by atoms with Crippen LogP contribution in [0.2, 0.25) is 0 Å². The molecule has 8 nitrogen and oxygen atoms in total. The third kappa shape index (κ3) is 6.82. The van der Waals surface area contributed by atoms with Gasteiger partial charge in [-0.3, -0.25) is 24.1 Å². The Bertz CT molecular complexity index is 1110. The predicted octanol–water partition coefficient (Wildman–Crippen LogP) is 3.07. The van der Waals surface area contributed by atoms with Gasteiger partial charge in [0.05, 0.1) is 12.0 Å². The molecular formula is C25H25N3O5S. The molecule has 1 aliphatic heterocycles. The molecule has 1 saturated heterocycles. The molecule has 1 fully saturated rings. The molecule has 2 N–H and O–H groups in total. The summed E-state index contributed by atoms with van der Waals surface area (Å²) in [5.74, 6) is -0.516. The predicted molar refractivity (Wildman–Crippen MR) is 132 cm³/mol. The van der Waals surface area contributed by atoms with Crippen molar-refractivity contribution in [1.82, 2.24) is 15.5 Å². The molecule has 0 radical (unpaired) electrons. The fourth-order valence-corrected chi connectivity index (χ4v) is 3.92. The summed E-state index contributed by atoms with van der Waals surface area (Å²) in [4.78, 5) is 50.6. The number of thioether (sulfide) groups is 1. The quantitative estimate of drug-likeness (QED) is 0.536. The SMILES string of the molecule is COc1ccc(C=CC(=O)NC(C)C(=O)NCCN2C(=O)SC(=Cc3ccccc3)C2=O)cc1. The van der Waals surface area contributed by atoms with Crippen molar-refractivity contribution < 1.29 is 23.9 Å². The van der Waals surface area contributed by atoms with Crippen molar-refractivity contribution in [2.75, 3.05) is 20.2 Å². The molecule has 34 heavy (non-hydrogen) atoms. The number of nitrogens with zero attached hydrogens (tertiary/aromatic N) is 1. The second-order valence-corrected chi connectivity index (χ2v) is 8.37. The number of nitrogens with one attached hydrogen (secondary N) is 2. The Balaban J connectivity index is 1.44. The maximum absolute atomic E-state index is 12.5. The van der Waals surface area contributed by atoms with Gasteiger partial charge in [-0.1, -0.05) is 42.5 Å². The zero-order chi connectivity index (χ0) is 24.5. The van der Waals surface area contributed by atoms with E-state index in [1.807, 2.05) is 30.3 Å². The summed E-state index contributed by atoms with van der Waals surface area (Å²) in [7, 11) is 1.57. The molecule has 0 bridgehead atoms. The molecule has 176 valence electrons. The number of benzene rings is 2. The van der Waals surface area contributed by atoms with Crippen LogP contribution in [0.3, 0.4) is 0 Å². The molecule has 2 aromatic carbocycles. The minimum atomic E-state index is -0.791. The molecule has 0 aliphatic carbocycles. The number of hydrogen-bond acceptors (Lipinski definition) is 6. The van der Waals surface area contributed by atoms with Crippen molar-refractivity contribution in [2.45, 2.75) is 13.0 Å². The summed E-state index contributed by atoms with van der Waals surface area (Å²) in [5, 5.41) is 4.84. The summed E-state index contributed by atoms with van der Waals surface area (Å²) >= 11 is 0.870. The molecular weight excluding hydrogens is 454 g/mol. The molecule has 0 spiro atoms. The van der Waals surface area contributed by atoms with Crippen molar-refractivity contribution in [2.24, 2.45) is 0 Å². The fraction of sp³-hybridized carbons (Fsp3) is 0.200. The molecule has 0 aromatic heterocycles. The summed E-state index contributed by atoms with van der Waals surface area (Å²) in [6.45, 7) is 1.68. The van der Waals surface area contributed by atoms with Crippen molar-refractivity contribution in [3.05, 3.63) is 76.7 Å². The summed E-state index contributed by atoms with van der Waals surface area (Å²) < 4.78 is 5.09. The van der Waals surface area contributed by atoms with E-state index in [1.54, 1.807) is 50.5 Å². The van der Waals surface area contributed by atoms with Crippen LogP contribution in [0, 0.1) is 0 Å². The second kappa shape index (κ2) is 11.9. The van der Waals surface area contributed by atoms with Crippen LogP contribution in [-0.2, 0) is 14.4 Å². The van der Waals surface area contributed by atoms with Crippen LogP contribution < -0.4 is 15.4 Å². The molecule has 0 saturated carbocycles. The molecule has 1 heterocycles. The van der Waals surface area contributed by atoms with Gasteiger partial charge >= 0.3 is 0 Å².